The van der Waals surface area contributed by atoms with Gasteiger partial charge in [-0.05, 0) is 55.6 Å². The maximum Gasteiger partial charge on any atom is 0.0426 e. The molecule has 2 aliphatic rings. The van der Waals surface area contributed by atoms with Crippen LogP contribution in [0.4, 0.5) is 11.4 Å². The Morgan fingerprint density at radius 3 is 2.61 bits per heavy atom. The molecule has 2 heterocycles. The van der Waals surface area contributed by atoms with Crippen LogP contribution in [0, 0.1) is 0 Å². The molecule has 0 aliphatic carbocycles. The lowest BCUT2D eigenvalue weighted by molar-refractivity contribution is 0.248. The van der Waals surface area contributed by atoms with Gasteiger partial charge in [-0.2, -0.15) is 0 Å². The average molecular weight is 398 g/mol. The van der Waals surface area contributed by atoms with E-state index in [9.17, 15) is 0 Å². The molecule has 1 N–H and O–H groups in total. The summed E-state index contributed by atoms with van der Waals surface area (Å²) in [5.41, 5.74) is 4.47. The molecular formula is C24H32ClN3. The molecule has 1 fully saturated rings. The lowest BCUT2D eigenvalue weighted by Gasteiger charge is -2.36. The van der Waals surface area contributed by atoms with Gasteiger partial charge in [-0.15, -0.1) is 0 Å². The van der Waals surface area contributed by atoms with E-state index < -0.39 is 0 Å². The highest BCUT2D eigenvalue weighted by atomic mass is 35.5. The predicted octanol–water partition coefficient (Wildman–Crippen LogP) is 5.41. The number of nitrogens with one attached hydrogen (secondary N) is 1. The third-order valence-electron chi connectivity index (χ3n) is 6.72. The van der Waals surface area contributed by atoms with E-state index in [0.29, 0.717) is 5.41 Å². The molecule has 2 aromatic carbocycles. The van der Waals surface area contributed by atoms with E-state index in [1.54, 1.807) is 0 Å². The second-order valence-electron chi connectivity index (χ2n) is 8.30. The van der Waals surface area contributed by atoms with Gasteiger partial charge >= 0.3 is 0 Å². The van der Waals surface area contributed by atoms with Crippen LogP contribution in [0.15, 0.2) is 48.5 Å². The van der Waals surface area contributed by atoms with Gasteiger partial charge in [0, 0.05) is 54.5 Å². The topological polar surface area (TPSA) is 18.5 Å². The van der Waals surface area contributed by atoms with E-state index in [2.05, 4.69) is 58.4 Å². The summed E-state index contributed by atoms with van der Waals surface area (Å²) in [5, 5.41) is 4.46. The van der Waals surface area contributed by atoms with Crippen LogP contribution in [-0.2, 0) is 5.41 Å². The number of fused-ring (bicyclic) bond motifs is 1. The summed E-state index contributed by atoms with van der Waals surface area (Å²) in [6, 6.07) is 17.1. The Hall–Kier alpha value is -1.71. The number of hydrogen-bond donors (Lipinski definition) is 1. The molecule has 0 aromatic heterocycles. The van der Waals surface area contributed by atoms with Crippen molar-refractivity contribution in [3.8, 4) is 0 Å². The number of halogens is 1. The Morgan fingerprint density at radius 2 is 1.82 bits per heavy atom. The molecule has 150 valence electrons. The largest absolute Gasteiger partial charge is 0.384 e. The van der Waals surface area contributed by atoms with E-state index in [4.69, 9.17) is 11.6 Å². The Balaban J connectivity index is 1.22. The number of piperazine rings is 1. The van der Waals surface area contributed by atoms with E-state index >= 15 is 0 Å². The number of anilines is 2. The number of hydrogen-bond acceptors (Lipinski definition) is 3. The molecule has 0 saturated carbocycles. The minimum atomic E-state index is 0.335. The molecule has 0 spiro atoms. The first-order chi connectivity index (χ1) is 13.7. The Morgan fingerprint density at radius 1 is 1.00 bits per heavy atom. The van der Waals surface area contributed by atoms with Crippen LogP contribution in [0.25, 0.3) is 0 Å². The molecule has 0 bridgehead atoms. The maximum atomic E-state index is 6.14. The van der Waals surface area contributed by atoms with Gasteiger partial charge in [-0.25, -0.2) is 0 Å². The smallest absolute Gasteiger partial charge is 0.0426 e. The summed E-state index contributed by atoms with van der Waals surface area (Å²) in [6.45, 7) is 9.15. The van der Waals surface area contributed by atoms with Crippen molar-refractivity contribution >= 4 is 23.0 Å². The highest BCUT2D eigenvalue weighted by Gasteiger charge is 2.36. The fourth-order valence-electron chi connectivity index (χ4n) is 4.88. The maximum absolute atomic E-state index is 6.14. The Labute approximate surface area is 174 Å². The molecular weight excluding hydrogens is 366 g/mol. The summed E-state index contributed by atoms with van der Waals surface area (Å²) in [6.07, 6.45) is 5.10. The lowest BCUT2D eigenvalue weighted by atomic mass is 9.76. The van der Waals surface area contributed by atoms with Crippen LogP contribution >= 0.6 is 11.6 Å². The van der Waals surface area contributed by atoms with Gasteiger partial charge in [0.15, 0.2) is 0 Å². The van der Waals surface area contributed by atoms with Crippen LogP contribution in [0.2, 0.25) is 5.02 Å². The quantitative estimate of drug-likeness (QED) is 0.630. The fourth-order valence-corrected chi connectivity index (χ4v) is 5.06. The standard InChI is InChI=1S/C24H32ClN3/c1-2-24(19-26-23-11-4-3-10-22(23)24)12-5-6-13-27-14-16-28(17-15-27)21-9-7-8-20(25)18-21/h3-4,7-11,18,26H,2,5-6,12-17,19H2,1H3. The SMILES string of the molecule is CCC1(CCCCN2CCN(c3cccc(Cl)c3)CC2)CNc2ccccc21. The van der Waals surface area contributed by atoms with Gasteiger partial charge in [0.1, 0.15) is 0 Å². The highest BCUT2D eigenvalue weighted by molar-refractivity contribution is 6.30. The molecule has 4 rings (SSSR count). The molecule has 1 saturated heterocycles. The van der Waals surface area contributed by atoms with Crippen molar-refractivity contribution in [3.63, 3.8) is 0 Å². The second kappa shape index (κ2) is 8.75. The zero-order valence-electron chi connectivity index (χ0n) is 17.0. The number of benzene rings is 2. The van der Waals surface area contributed by atoms with Crippen molar-refractivity contribution in [2.45, 2.75) is 38.0 Å². The monoisotopic (exact) mass is 397 g/mol. The molecule has 0 amide bonds. The molecule has 2 aliphatic heterocycles. The van der Waals surface area contributed by atoms with Crippen LogP contribution in [-0.4, -0.2) is 44.2 Å². The number of rotatable bonds is 7. The van der Waals surface area contributed by atoms with E-state index in [0.717, 1.165) is 37.7 Å². The summed E-state index contributed by atoms with van der Waals surface area (Å²) in [4.78, 5) is 5.08. The summed E-state index contributed by atoms with van der Waals surface area (Å²) in [7, 11) is 0. The molecule has 28 heavy (non-hydrogen) atoms. The molecule has 4 heteroatoms. The molecule has 0 radical (unpaired) electrons. The van der Waals surface area contributed by atoms with Crippen LogP contribution in [0.5, 0.6) is 0 Å². The van der Waals surface area contributed by atoms with Crippen LogP contribution in [0.3, 0.4) is 0 Å². The predicted molar refractivity (Wildman–Crippen MR) is 121 cm³/mol. The van der Waals surface area contributed by atoms with Crippen molar-refractivity contribution in [1.82, 2.24) is 4.90 Å². The number of nitrogens with zero attached hydrogens (tertiary/aromatic N) is 2. The number of unbranched alkanes of at least 4 members (excludes halogenated alkanes) is 1. The van der Waals surface area contributed by atoms with E-state index in [1.165, 1.54) is 49.2 Å². The van der Waals surface area contributed by atoms with Crippen LogP contribution < -0.4 is 10.2 Å². The normalized spacial score (nSPS) is 22.1. The Bertz CT molecular complexity index is 785. The first-order valence-corrected chi connectivity index (χ1v) is 11.1. The third kappa shape index (κ3) is 4.16. The Kier molecular flexibility index (Phi) is 6.13. The van der Waals surface area contributed by atoms with Gasteiger partial charge in [0.2, 0.25) is 0 Å². The molecule has 2 aromatic rings. The number of para-hydroxylation sites is 1. The minimum Gasteiger partial charge on any atom is -0.384 e. The molecule has 3 nitrogen and oxygen atoms in total. The average Bonchev–Trinajstić information content (AvgIpc) is 3.11. The van der Waals surface area contributed by atoms with E-state index in [1.807, 2.05) is 12.1 Å². The zero-order valence-corrected chi connectivity index (χ0v) is 17.7. The van der Waals surface area contributed by atoms with Gasteiger partial charge in [0.05, 0.1) is 0 Å². The van der Waals surface area contributed by atoms with Crippen molar-refractivity contribution < 1.29 is 0 Å². The minimum absolute atomic E-state index is 0.335. The van der Waals surface area contributed by atoms with Crippen LogP contribution in [0.1, 0.15) is 38.2 Å². The van der Waals surface area contributed by atoms with Crippen molar-refractivity contribution in [2.24, 2.45) is 0 Å². The third-order valence-corrected chi connectivity index (χ3v) is 6.95. The van der Waals surface area contributed by atoms with Gasteiger partial charge in [-0.3, -0.25) is 4.90 Å². The lowest BCUT2D eigenvalue weighted by Crippen LogP contribution is -2.46. The van der Waals surface area contributed by atoms with Crippen molar-refractivity contribution in [3.05, 3.63) is 59.1 Å². The molecule has 1 unspecified atom stereocenters. The fraction of sp³-hybridized carbons (Fsp3) is 0.500. The van der Waals surface area contributed by atoms with Crippen molar-refractivity contribution in [2.75, 3.05) is 49.5 Å². The van der Waals surface area contributed by atoms with Crippen molar-refractivity contribution in [1.29, 1.82) is 0 Å². The molecule has 1 atom stereocenters. The van der Waals surface area contributed by atoms with Gasteiger partial charge < -0.3 is 10.2 Å². The van der Waals surface area contributed by atoms with Gasteiger partial charge in [0.25, 0.3) is 0 Å². The first kappa shape index (κ1) is 19.6. The van der Waals surface area contributed by atoms with E-state index in [-0.39, 0.29) is 0 Å². The summed E-state index contributed by atoms with van der Waals surface area (Å²) in [5.74, 6) is 0. The second-order valence-corrected chi connectivity index (χ2v) is 8.74. The summed E-state index contributed by atoms with van der Waals surface area (Å²) < 4.78 is 0. The van der Waals surface area contributed by atoms with Gasteiger partial charge in [-0.1, -0.05) is 49.2 Å². The summed E-state index contributed by atoms with van der Waals surface area (Å²) >= 11 is 6.14. The zero-order chi connectivity index (χ0) is 19.4. The highest BCUT2D eigenvalue weighted by Crippen LogP contribution is 2.42. The first-order valence-electron chi connectivity index (χ1n) is 10.8.